The highest BCUT2D eigenvalue weighted by Gasteiger charge is 2.01. The van der Waals surface area contributed by atoms with Crippen molar-refractivity contribution < 1.29 is 0 Å². The molecule has 6 heteroatoms. The van der Waals surface area contributed by atoms with Gasteiger partial charge in [0.15, 0.2) is 5.11 Å². The SMILES string of the molecule is NC(=S)NN=Cc1c(Cl)cccc1Cl. The van der Waals surface area contributed by atoms with Crippen molar-refractivity contribution in [2.75, 3.05) is 0 Å². The van der Waals surface area contributed by atoms with Gasteiger partial charge in [-0.05, 0) is 24.4 Å². The summed E-state index contributed by atoms with van der Waals surface area (Å²) in [4.78, 5) is 0. The average molecular weight is 248 g/mol. The number of halogens is 2. The molecule has 74 valence electrons. The molecule has 0 atom stereocenters. The molecule has 3 nitrogen and oxygen atoms in total. The smallest absolute Gasteiger partial charge is 0.184 e. The number of rotatable bonds is 2. The van der Waals surface area contributed by atoms with Crippen LogP contribution in [-0.2, 0) is 0 Å². The minimum Gasteiger partial charge on any atom is -0.375 e. The van der Waals surface area contributed by atoms with E-state index in [0.717, 1.165) is 0 Å². The van der Waals surface area contributed by atoms with Gasteiger partial charge in [-0.2, -0.15) is 5.10 Å². The molecule has 1 rings (SSSR count). The average Bonchev–Trinajstić information content (AvgIpc) is 2.09. The fourth-order valence-corrected chi connectivity index (χ4v) is 1.34. The lowest BCUT2D eigenvalue weighted by molar-refractivity contribution is 1.04. The lowest BCUT2D eigenvalue weighted by atomic mass is 10.2. The van der Waals surface area contributed by atoms with E-state index in [9.17, 15) is 0 Å². The summed E-state index contributed by atoms with van der Waals surface area (Å²) in [6, 6.07) is 5.19. The summed E-state index contributed by atoms with van der Waals surface area (Å²) >= 11 is 16.3. The van der Waals surface area contributed by atoms with Crippen LogP contribution in [0.1, 0.15) is 5.56 Å². The Bertz CT molecular complexity index is 359. The third-order valence-electron chi connectivity index (χ3n) is 1.37. The molecule has 3 N–H and O–H groups in total. The Kier molecular flexibility index (Phi) is 4.13. The Labute approximate surface area is 96.9 Å². The molecule has 0 bridgehead atoms. The fraction of sp³-hybridized carbons (Fsp3) is 0. The lowest BCUT2D eigenvalue weighted by Gasteiger charge is -2.00. The summed E-state index contributed by atoms with van der Waals surface area (Å²) < 4.78 is 0. The van der Waals surface area contributed by atoms with Crippen LogP contribution in [0.5, 0.6) is 0 Å². The van der Waals surface area contributed by atoms with Crippen LogP contribution in [0.4, 0.5) is 0 Å². The quantitative estimate of drug-likeness (QED) is 0.479. The number of nitrogens with one attached hydrogen (secondary N) is 1. The van der Waals surface area contributed by atoms with Crippen LogP contribution >= 0.6 is 35.4 Å². The summed E-state index contributed by atoms with van der Waals surface area (Å²) in [5.41, 5.74) is 8.21. The van der Waals surface area contributed by atoms with Gasteiger partial charge in [-0.1, -0.05) is 29.3 Å². The van der Waals surface area contributed by atoms with E-state index in [1.165, 1.54) is 6.21 Å². The van der Waals surface area contributed by atoms with E-state index < -0.39 is 0 Å². The first-order chi connectivity index (χ1) is 6.61. The first kappa shape index (κ1) is 11.2. The maximum atomic E-state index is 5.88. The van der Waals surface area contributed by atoms with Crippen LogP contribution in [-0.4, -0.2) is 11.3 Å². The molecule has 0 heterocycles. The minimum atomic E-state index is 0.0874. The number of nitrogens with zero attached hydrogens (tertiary/aromatic N) is 1. The van der Waals surface area contributed by atoms with E-state index in [1.807, 2.05) is 0 Å². The second kappa shape index (κ2) is 5.14. The van der Waals surface area contributed by atoms with E-state index >= 15 is 0 Å². The summed E-state index contributed by atoms with van der Waals surface area (Å²) in [5.74, 6) is 0. The first-order valence-corrected chi connectivity index (χ1v) is 4.80. The Morgan fingerprint density at radius 2 is 2.00 bits per heavy atom. The number of hydrazone groups is 1. The van der Waals surface area contributed by atoms with Crippen molar-refractivity contribution in [1.29, 1.82) is 0 Å². The van der Waals surface area contributed by atoms with Gasteiger partial charge in [0.1, 0.15) is 0 Å². The molecule has 0 radical (unpaired) electrons. The highest BCUT2D eigenvalue weighted by molar-refractivity contribution is 7.80. The van der Waals surface area contributed by atoms with Crippen molar-refractivity contribution >= 4 is 46.7 Å². The van der Waals surface area contributed by atoms with Crippen molar-refractivity contribution in [1.82, 2.24) is 5.43 Å². The molecular weight excluding hydrogens is 241 g/mol. The molecule has 0 saturated carbocycles. The van der Waals surface area contributed by atoms with Gasteiger partial charge in [0.2, 0.25) is 0 Å². The zero-order valence-corrected chi connectivity index (χ0v) is 9.33. The topological polar surface area (TPSA) is 50.4 Å². The highest BCUT2D eigenvalue weighted by atomic mass is 35.5. The number of nitrogens with two attached hydrogens (primary N) is 1. The molecule has 0 aliphatic rings. The number of thiocarbonyl (C=S) groups is 1. The molecule has 14 heavy (non-hydrogen) atoms. The third kappa shape index (κ3) is 3.14. The number of hydrogen-bond donors (Lipinski definition) is 2. The summed E-state index contributed by atoms with van der Waals surface area (Å²) in [6.07, 6.45) is 1.46. The molecule has 1 aromatic rings. The van der Waals surface area contributed by atoms with Crippen molar-refractivity contribution in [3.8, 4) is 0 Å². The van der Waals surface area contributed by atoms with Crippen LogP contribution in [0.3, 0.4) is 0 Å². The zero-order valence-electron chi connectivity index (χ0n) is 7.00. The second-order valence-electron chi connectivity index (χ2n) is 2.37. The molecule has 0 spiro atoms. The fourth-order valence-electron chi connectivity index (χ4n) is 0.794. The molecular formula is C8H7Cl2N3S. The van der Waals surface area contributed by atoms with Crippen LogP contribution in [0.25, 0.3) is 0 Å². The lowest BCUT2D eigenvalue weighted by Crippen LogP contribution is -2.24. The van der Waals surface area contributed by atoms with Gasteiger partial charge in [-0.25, -0.2) is 0 Å². The predicted octanol–water partition coefficient (Wildman–Crippen LogP) is 2.16. The molecule has 0 amide bonds. The summed E-state index contributed by atoms with van der Waals surface area (Å²) in [7, 11) is 0. The number of hydrogen-bond acceptors (Lipinski definition) is 2. The van der Waals surface area contributed by atoms with Crippen molar-refractivity contribution in [2.45, 2.75) is 0 Å². The monoisotopic (exact) mass is 247 g/mol. The van der Waals surface area contributed by atoms with Crippen LogP contribution in [0.2, 0.25) is 10.0 Å². The normalized spacial score (nSPS) is 10.4. The van der Waals surface area contributed by atoms with Gasteiger partial charge in [-0.15, -0.1) is 0 Å². The molecule has 0 aromatic heterocycles. The Morgan fingerprint density at radius 3 is 2.50 bits per heavy atom. The first-order valence-electron chi connectivity index (χ1n) is 3.64. The van der Waals surface area contributed by atoms with Crippen molar-refractivity contribution in [2.24, 2.45) is 10.8 Å². The van der Waals surface area contributed by atoms with Gasteiger partial charge in [-0.3, -0.25) is 5.43 Å². The van der Waals surface area contributed by atoms with Gasteiger partial charge < -0.3 is 5.73 Å². The maximum Gasteiger partial charge on any atom is 0.184 e. The van der Waals surface area contributed by atoms with E-state index in [-0.39, 0.29) is 5.11 Å². The molecule has 0 unspecified atom stereocenters. The van der Waals surface area contributed by atoms with Crippen LogP contribution < -0.4 is 11.2 Å². The van der Waals surface area contributed by atoms with Crippen LogP contribution in [0.15, 0.2) is 23.3 Å². The molecule has 0 aliphatic carbocycles. The third-order valence-corrected chi connectivity index (χ3v) is 2.12. The van der Waals surface area contributed by atoms with E-state index in [1.54, 1.807) is 18.2 Å². The van der Waals surface area contributed by atoms with Gasteiger partial charge in [0.05, 0.1) is 16.3 Å². The van der Waals surface area contributed by atoms with E-state index in [4.69, 9.17) is 28.9 Å². The van der Waals surface area contributed by atoms with Crippen molar-refractivity contribution in [3.05, 3.63) is 33.8 Å². The Morgan fingerprint density at radius 1 is 1.43 bits per heavy atom. The molecule has 0 aliphatic heterocycles. The zero-order chi connectivity index (χ0) is 10.6. The Hall–Kier alpha value is -0.840. The predicted molar refractivity (Wildman–Crippen MR) is 64.0 cm³/mol. The second-order valence-corrected chi connectivity index (χ2v) is 3.62. The van der Waals surface area contributed by atoms with Crippen molar-refractivity contribution in [3.63, 3.8) is 0 Å². The van der Waals surface area contributed by atoms with E-state index in [0.29, 0.717) is 15.6 Å². The maximum absolute atomic E-state index is 5.88. The van der Waals surface area contributed by atoms with Gasteiger partial charge in [0.25, 0.3) is 0 Å². The number of benzene rings is 1. The summed E-state index contributed by atoms with van der Waals surface area (Å²) in [5, 5.41) is 4.88. The largest absolute Gasteiger partial charge is 0.375 e. The van der Waals surface area contributed by atoms with Gasteiger partial charge >= 0.3 is 0 Å². The van der Waals surface area contributed by atoms with Gasteiger partial charge in [0, 0.05) is 5.56 Å². The van der Waals surface area contributed by atoms with E-state index in [2.05, 4.69) is 22.7 Å². The Balaban J connectivity index is 2.85. The molecule has 1 aromatic carbocycles. The molecule has 0 saturated heterocycles. The minimum absolute atomic E-state index is 0.0874. The summed E-state index contributed by atoms with van der Waals surface area (Å²) in [6.45, 7) is 0. The molecule has 0 fully saturated rings. The highest BCUT2D eigenvalue weighted by Crippen LogP contribution is 2.21. The standard InChI is InChI=1S/C8H7Cl2N3S/c9-6-2-1-3-7(10)5(6)4-12-13-8(11)14/h1-4H,(H3,11,13,14). The van der Waals surface area contributed by atoms with Crippen LogP contribution in [0, 0.1) is 0 Å².